The van der Waals surface area contributed by atoms with E-state index in [0.717, 1.165) is 41.4 Å². The molecule has 4 aliphatic carbocycles. The van der Waals surface area contributed by atoms with Gasteiger partial charge in [0.15, 0.2) is 0 Å². The van der Waals surface area contributed by atoms with Crippen molar-refractivity contribution in [3.8, 4) is 0 Å². The van der Waals surface area contributed by atoms with E-state index in [1.807, 2.05) is 0 Å². The van der Waals surface area contributed by atoms with Gasteiger partial charge < -0.3 is 0 Å². The first-order valence-electron chi connectivity index (χ1n) is 11.5. The molecule has 0 saturated heterocycles. The molecule has 0 bridgehead atoms. The molecule has 0 N–H and O–H groups in total. The smallest absolute Gasteiger partial charge is 0.0131 e. The average Bonchev–Trinajstić information content (AvgIpc) is 2.67. The van der Waals surface area contributed by atoms with E-state index in [2.05, 4.69) is 59.9 Å². The SMILES string of the molecule is CCCC1C(CCC2CCC3C=C(I)CC[C@H]3C2)C=CC2CCC=CC21. The fraction of sp³-hybridized carbons (Fsp3) is 0.760. The van der Waals surface area contributed by atoms with Gasteiger partial charge in [0.2, 0.25) is 0 Å². The van der Waals surface area contributed by atoms with E-state index in [-0.39, 0.29) is 0 Å². The zero-order valence-electron chi connectivity index (χ0n) is 16.6. The third-order valence-corrected chi connectivity index (χ3v) is 8.90. The van der Waals surface area contributed by atoms with Crippen LogP contribution in [-0.4, -0.2) is 0 Å². The molecule has 0 spiro atoms. The monoisotopic (exact) mass is 464 g/mol. The van der Waals surface area contributed by atoms with Gasteiger partial charge in [0.1, 0.15) is 0 Å². The number of hydrogen-bond donors (Lipinski definition) is 0. The highest BCUT2D eigenvalue weighted by Gasteiger charge is 2.36. The van der Waals surface area contributed by atoms with Crippen molar-refractivity contribution in [2.45, 2.75) is 77.6 Å². The molecule has 0 amide bonds. The molecular formula is C25H37I. The van der Waals surface area contributed by atoms with Gasteiger partial charge in [0.05, 0.1) is 0 Å². The van der Waals surface area contributed by atoms with Crippen molar-refractivity contribution in [1.82, 2.24) is 0 Å². The summed E-state index contributed by atoms with van der Waals surface area (Å²) in [6.45, 7) is 2.39. The largest absolute Gasteiger partial charge is 0.0882 e. The summed E-state index contributed by atoms with van der Waals surface area (Å²) in [6, 6.07) is 0. The summed E-state index contributed by atoms with van der Waals surface area (Å²) in [7, 11) is 0. The molecule has 0 radical (unpaired) electrons. The topological polar surface area (TPSA) is 0 Å². The van der Waals surface area contributed by atoms with Gasteiger partial charge in [-0.1, -0.05) is 43.7 Å². The van der Waals surface area contributed by atoms with Crippen molar-refractivity contribution in [1.29, 1.82) is 0 Å². The molecule has 4 rings (SSSR count). The Morgan fingerprint density at radius 2 is 1.88 bits per heavy atom. The van der Waals surface area contributed by atoms with Gasteiger partial charge in [-0.2, -0.15) is 0 Å². The minimum absolute atomic E-state index is 0.847. The molecule has 0 aromatic rings. The van der Waals surface area contributed by atoms with Gasteiger partial charge in [-0.15, -0.1) is 0 Å². The second kappa shape index (κ2) is 8.97. The van der Waals surface area contributed by atoms with Gasteiger partial charge in [0.25, 0.3) is 0 Å². The summed E-state index contributed by atoms with van der Waals surface area (Å²) < 4.78 is 1.63. The Hall–Kier alpha value is -0.0500. The lowest BCUT2D eigenvalue weighted by Gasteiger charge is -2.41. The molecule has 1 saturated carbocycles. The number of rotatable bonds is 5. The molecule has 0 aliphatic heterocycles. The molecule has 26 heavy (non-hydrogen) atoms. The van der Waals surface area contributed by atoms with E-state index in [1.54, 1.807) is 3.58 Å². The van der Waals surface area contributed by atoms with Crippen LogP contribution in [0.2, 0.25) is 0 Å². The van der Waals surface area contributed by atoms with Gasteiger partial charge in [-0.25, -0.2) is 0 Å². The van der Waals surface area contributed by atoms with Crippen LogP contribution in [0.15, 0.2) is 34.0 Å². The second-order valence-electron chi connectivity index (χ2n) is 9.58. The van der Waals surface area contributed by atoms with E-state index in [1.165, 1.54) is 70.6 Å². The molecule has 4 aliphatic rings. The fourth-order valence-corrected chi connectivity index (χ4v) is 7.36. The van der Waals surface area contributed by atoms with E-state index in [4.69, 9.17) is 0 Å². The first-order chi connectivity index (χ1) is 12.7. The summed E-state index contributed by atoms with van der Waals surface area (Å²) in [6.07, 6.45) is 28.6. The summed E-state index contributed by atoms with van der Waals surface area (Å²) in [5.41, 5.74) is 0. The van der Waals surface area contributed by atoms with Crippen molar-refractivity contribution in [3.05, 3.63) is 34.0 Å². The minimum atomic E-state index is 0.847. The maximum absolute atomic E-state index is 2.65. The third-order valence-electron chi connectivity index (χ3n) is 8.00. The zero-order chi connectivity index (χ0) is 17.9. The van der Waals surface area contributed by atoms with Gasteiger partial charge >= 0.3 is 0 Å². The fourth-order valence-electron chi connectivity index (χ4n) is 6.59. The first-order valence-corrected chi connectivity index (χ1v) is 12.5. The first kappa shape index (κ1) is 19.3. The van der Waals surface area contributed by atoms with Gasteiger partial charge in [0, 0.05) is 0 Å². The summed E-state index contributed by atoms with van der Waals surface area (Å²) in [4.78, 5) is 0. The van der Waals surface area contributed by atoms with Crippen molar-refractivity contribution < 1.29 is 0 Å². The van der Waals surface area contributed by atoms with E-state index >= 15 is 0 Å². The van der Waals surface area contributed by atoms with Crippen molar-refractivity contribution in [2.75, 3.05) is 0 Å². The average molecular weight is 464 g/mol. The number of hydrogen-bond acceptors (Lipinski definition) is 0. The molecule has 6 unspecified atom stereocenters. The van der Waals surface area contributed by atoms with Crippen molar-refractivity contribution in [2.24, 2.45) is 41.4 Å². The molecule has 1 fully saturated rings. The van der Waals surface area contributed by atoms with Crippen LogP contribution in [0.1, 0.15) is 77.6 Å². The van der Waals surface area contributed by atoms with Crippen molar-refractivity contribution in [3.63, 3.8) is 0 Å². The Bertz CT molecular complexity index is 557. The van der Waals surface area contributed by atoms with Crippen molar-refractivity contribution >= 4 is 22.6 Å². The molecule has 0 nitrogen and oxygen atoms in total. The predicted molar refractivity (Wildman–Crippen MR) is 121 cm³/mol. The molecule has 0 aromatic heterocycles. The predicted octanol–water partition coefficient (Wildman–Crippen LogP) is 8.10. The minimum Gasteiger partial charge on any atom is -0.0882 e. The standard InChI is InChI=1S/C25H37I/c1-2-5-24-20(13-12-19-6-3-4-7-25(19)24)10-8-18-9-11-22-17-23(26)15-14-21(22)16-18/h4,7,12-13,17-22,24-25H,2-3,5-6,8-11,14-16H2,1H3/t18?,19?,20?,21-,22?,24?,25?/m0/s1. The van der Waals surface area contributed by atoms with Crippen LogP contribution in [0.4, 0.5) is 0 Å². The Kier molecular flexibility index (Phi) is 6.65. The van der Waals surface area contributed by atoms with Crippen LogP contribution >= 0.6 is 22.6 Å². The summed E-state index contributed by atoms with van der Waals surface area (Å²) >= 11 is 2.57. The number of fused-ring (bicyclic) bond motifs is 2. The van der Waals surface area contributed by atoms with Crippen LogP contribution in [0.25, 0.3) is 0 Å². The highest BCUT2D eigenvalue weighted by atomic mass is 127. The third kappa shape index (κ3) is 4.33. The van der Waals surface area contributed by atoms with Crippen LogP contribution < -0.4 is 0 Å². The van der Waals surface area contributed by atoms with Crippen LogP contribution in [0.3, 0.4) is 0 Å². The molecule has 0 aromatic carbocycles. The second-order valence-corrected chi connectivity index (χ2v) is 11.0. The molecular weight excluding hydrogens is 427 g/mol. The Balaban J connectivity index is 1.34. The Labute approximate surface area is 175 Å². The van der Waals surface area contributed by atoms with Crippen LogP contribution in [-0.2, 0) is 0 Å². The molecule has 1 heteroatoms. The zero-order valence-corrected chi connectivity index (χ0v) is 18.7. The Morgan fingerprint density at radius 1 is 0.962 bits per heavy atom. The van der Waals surface area contributed by atoms with Gasteiger partial charge in [-0.3, -0.25) is 0 Å². The highest BCUT2D eigenvalue weighted by molar-refractivity contribution is 14.1. The van der Waals surface area contributed by atoms with Gasteiger partial charge in [-0.05, 0) is 132 Å². The van der Waals surface area contributed by atoms with E-state index in [9.17, 15) is 0 Å². The highest BCUT2D eigenvalue weighted by Crippen LogP contribution is 2.47. The van der Waals surface area contributed by atoms with E-state index in [0.29, 0.717) is 0 Å². The molecule has 0 heterocycles. The lowest BCUT2D eigenvalue weighted by Crippen LogP contribution is -2.32. The lowest BCUT2D eigenvalue weighted by atomic mass is 9.64. The molecule has 7 atom stereocenters. The lowest BCUT2D eigenvalue weighted by molar-refractivity contribution is 0.160. The summed E-state index contributed by atoms with van der Waals surface area (Å²) in [5.74, 6) is 6.40. The number of halogens is 1. The maximum Gasteiger partial charge on any atom is -0.0131 e. The Morgan fingerprint density at radius 3 is 2.77 bits per heavy atom. The van der Waals surface area contributed by atoms with E-state index < -0.39 is 0 Å². The maximum atomic E-state index is 2.65. The normalized spacial score (nSPS) is 42.1. The summed E-state index contributed by atoms with van der Waals surface area (Å²) in [5, 5.41) is 0. The van der Waals surface area contributed by atoms with Crippen LogP contribution in [0.5, 0.6) is 0 Å². The number of allylic oxidation sites excluding steroid dienone is 6. The quantitative estimate of drug-likeness (QED) is 0.285. The van der Waals surface area contributed by atoms with Crippen LogP contribution in [0, 0.1) is 41.4 Å². The molecule has 144 valence electrons.